The van der Waals surface area contributed by atoms with Crippen molar-refractivity contribution in [3.63, 3.8) is 0 Å². The number of amidine groups is 1. The summed E-state index contributed by atoms with van der Waals surface area (Å²) in [6.45, 7) is 3.82. The molecule has 15 heavy (non-hydrogen) atoms. The standard InChI is InChI=1S/C8H17N3O2S.ClH/c1-6(9)11-3-4-14-5-8(2,10)7(12)13;/h3-5,10H2,1-2H3,(H2,9,11)(H,12,13);1H. The molecule has 0 amide bonds. The fraction of sp³-hybridized carbons (Fsp3) is 0.750. The van der Waals surface area contributed by atoms with E-state index in [0.717, 1.165) is 5.75 Å². The molecule has 0 spiro atoms. The number of aliphatic carboxylic acids is 1. The van der Waals surface area contributed by atoms with Crippen LogP contribution in [-0.2, 0) is 4.79 Å². The van der Waals surface area contributed by atoms with Crippen LogP contribution in [0.5, 0.6) is 0 Å². The monoisotopic (exact) mass is 255 g/mol. The molecule has 5 nitrogen and oxygen atoms in total. The number of nitrogens with one attached hydrogen (secondary N) is 2. The van der Waals surface area contributed by atoms with E-state index in [1.54, 1.807) is 6.92 Å². The molecule has 1 atom stereocenters. The van der Waals surface area contributed by atoms with Gasteiger partial charge in [0, 0.05) is 18.1 Å². The van der Waals surface area contributed by atoms with Crippen LogP contribution in [0.4, 0.5) is 0 Å². The molecule has 0 aromatic carbocycles. The van der Waals surface area contributed by atoms with Gasteiger partial charge < -0.3 is 16.2 Å². The van der Waals surface area contributed by atoms with Gasteiger partial charge in [0.15, 0.2) is 0 Å². The Morgan fingerprint density at radius 2 is 2.20 bits per heavy atom. The van der Waals surface area contributed by atoms with Gasteiger partial charge in [0.1, 0.15) is 5.54 Å². The Bertz CT molecular complexity index is 224. The number of thioether (sulfide) groups is 1. The van der Waals surface area contributed by atoms with Crippen LogP contribution in [0.15, 0.2) is 0 Å². The van der Waals surface area contributed by atoms with Crippen molar-refractivity contribution in [3.8, 4) is 0 Å². The van der Waals surface area contributed by atoms with Gasteiger partial charge in [-0.25, -0.2) is 0 Å². The molecular weight excluding hydrogens is 238 g/mol. The molecule has 90 valence electrons. The Kier molecular flexibility index (Phi) is 8.80. The van der Waals surface area contributed by atoms with E-state index in [1.807, 2.05) is 0 Å². The molecular formula is C8H18ClN3O2S. The maximum atomic E-state index is 10.6. The zero-order valence-corrected chi connectivity index (χ0v) is 10.5. The van der Waals surface area contributed by atoms with E-state index >= 15 is 0 Å². The van der Waals surface area contributed by atoms with E-state index in [4.69, 9.17) is 16.2 Å². The zero-order valence-electron chi connectivity index (χ0n) is 8.87. The largest absolute Gasteiger partial charge is 0.480 e. The summed E-state index contributed by atoms with van der Waals surface area (Å²) in [5.41, 5.74) is 4.36. The Hall–Kier alpha value is -0.460. The first-order valence-corrected chi connectivity index (χ1v) is 5.41. The van der Waals surface area contributed by atoms with Crippen LogP contribution < -0.4 is 11.1 Å². The summed E-state index contributed by atoms with van der Waals surface area (Å²) in [7, 11) is 0. The first-order chi connectivity index (χ1) is 6.36. The number of rotatable bonds is 6. The second-order valence-electron chi connectivity index (χ2n) is 3.33. The van der Waals surface area contributed by atoms with Crippen LogP contribution in [0, 0.1) is 5.41 Å². The normalized spacial score (nSPS) is 13.5. The lowest BCUT2D eigenvalue weighted by Crippen LogP contribution is -2.47. The zero-order chi connectivity index (χ0) is 11.2. The molecule has 0 aliphatic rings. The fourth-order valence-electron chi connectivity index (χ4n) is 0.657. The molecule has 0 aromatic heterocycles. The van der Waals surface area contributed by atoms with E-state index in [9.17, 15) is 4.79 Å². The third kappa shape index (κ3) is 8.53. The van der Waals surface area contributed by atoms with Gasteiger partial charge in [0.25, 0.3) is 0 Å². The summed E-state index contributed by atoms with van der Waals surface area (Å²) in [5, 5.41) is 18.6. The van der Waals surface area contributed by atoms with Gasteiger partial charge in [0.05, 0.1) is 5.84 Å². The lowest BCUT2D eigenvalue weighted by molar-refractivity contribution is -0.141. The van der Waals surface area contributed by atoms with Crippen molar-refractivity contribution < 1.29 is 9.90 Å². The number of carboxylic acid groups (broad SMARTS) is 1. The first-order valence-electron chi connectivity index (χ1n) is 4.25. The predicted octanol–water partition coefficient (Wildman–Crippen LogP) is 0.530. The molecule has 0 bridgehead atoms. The van der Waals surface area contributed by atoms with E-state index in [-0.39, 0.29) is 12.4 Å². The quantitative estimate of drug-likeness (QED) is 0.315. The lowest BCUT2D eigenvalue weighted by atomic mass is 10.1. The van der Waals surface area contributed by atoms with Gasteiger partial charge in [-0.15, -0.1) is 12.4 Å². The number of nitrogens with two attached hydrogens (primary N) is 1. The van der Waals surface area contributed by atoms with Gasteiger partial charge in [-0.05, 0) is 13.8 Å². The van der Waals surface area contributed by atoms with Crippen LogP contribution in [0.3, 0.4) is 0 Å². The van der Waals surface area contributed by atoms with Crippen LogP contribution in [0.25, 0.3) is 0 Å². The molecule has 0 heterocycles. The molecule has 1 unspecified atom stereocenters. The van der Waals surface area contributed by atoms with Crippen molar-refractivity contribution in [2.45, 2.75) is 19.4 Å². The number of hydrogen-bond donors (Lipinski definition) is 4. The predicted molar refractivity (Wildman–Crippen MR) is 66.2 cm³/mol. The Labute approximate surface area is 100 Å². The maximum absolute atomic E-state index is 10.6. The molecule has 0 fully saturated rings. The van der Waals surface area contributed by atoms with Crippen LogP contribution in [-0.4, -0.2) is 40.5 Å². The summed E-state index contributed by atoms with van der Waals surface area (Å²) in [6, 6.07) is 0. The third-order valence-electron chi connectivity index (χ3n) is 1.53. The lowest BCUT2D eigenvalue weighted by Gasteiger charge is -2.18. The average molecular weight is 256 g/mol. The van der Waals surface area contributed by atoms with E-state index in [2.05, 4.69) is 5.32 Å². The van der Waals surface area contributed by atoms with Gasteiger partial charge in [-0.2, -0.15) is 11.8 Å². The first kappa shape index (κ1) is 17.0. The summed E-state index contributed by atoms with van der Waals surface area (Å²) >= 11 is 1.47. The molecule has 0 saturated carbocycles. The Morgan fingerprint density at radius 3 is 2.60 bits per heavy atom. The molecule has 0 aliphatic heterocycles. The smallest absolute Gasteiger partial charge is 0.324 e. The second kappa shape index (κ2) is 7.78. The van der Waals surface area contributed by atoms with Crippen molar-refractivity contribution in [2.75, 3.05) is 18.1 Å². The van der Waals surface area contributed by atoms with Crippen molar-refractivity contribution >= 4 is 36.0 Å². The van der Waals surface area contributed by atoms with Crippen LogP contribution >= 0.6 is 24.2 Å². The van der Waals surface area contributed by atoms with Crippen molar-refractivity contribution in [1.29, 1.82) is 5.41 Å². The van der Waals surface area contributed by atoms with Gasteiger partial charge in [0.2, 0.25) is 0 Å². The number of hydrogen-bond acceptors (Lipinski definition) is 4. The minimum atomic E-state index is -1.16. The molecule has 0 radical (unpaired) electrons. The number of halogens is 1. The van der Waals surface area contributed by atoms with Crippen LogP contribution in [0.2, 0.25) is 0 Å². The maximum Gasteiger partial charge on any atom is 0.324 e. The van der Waals surface area contributed by atoms with E-state index in [1.165, 1.54) is 18.7 Å². The summed E-state index contributed by atoms with van der Waals surface area (Å²) in [4.78, 5) is 10.6. The Balaban J connectivity index is 0. The van der Waals surface area contributed by atoms with Crippen molar-refractivity contribution in [2.24, 2.45) is 5.73 Å². The second-order valence-corrected chi connectivity index (χ2v) is 4.43. The number of carboxylic acids is 1. The number of carbonyl (C=O) groups is 1. The molecule has 0 aromatic rings. The molecule has 0 rings (SSSR count). The summed E-state index contributed by atoms with van der Waals surface area (Å²) in [6.07, 6.45) is 0. The molecule has 7 heteroatoms. The third-order valence-corrected chi connectivity index (χ3v) is 2.82. The minimum Gasteiger partial charge on any atom is -0.480 e. The SMILES string of the molecule is CC(=N)NCCSCC(C)(N)C(=O)O.Cl. The van der Waals surface area contributed by atoms with Crippen LogP contribution in [0.1, 0.15) is 13.8 Å². The fourth-order valence-corrected chi connectivity index (χ4v) is 1.59. The molecule has 0 aliphatic carbocycles. The Morgan fingerprint density at radius 1 is 1.67 bits per heavy atom. The molecule has 5 N–H and O–H groups in total. The van der Waals surface area contributed by atoms with Crippen molar-refractivity contribution in [3.05, 3.63) is 0 Å². The van der Waals surface area contributed by atoms with Gasteiger partial charge in [-0.1, -0.05) is 0 Å². The highest BCUT2D eigenvalue weighted by Gasteiger charge is 2.27. The highest BCUT2D eigenvalue weighted by molar-refractivity contribution is 7.99. The minimum absolute atomic E-state index is 0. The van der Waals surface area contributed by atoms with Gasteiger partial charge in [-0.3, -0.25) is 10.2 Å². The topological polar surface area (TPSA) is 99.2 Å². The highest BCUT2D eigenvalue weighted by Crippen LogP contribution is 2.09. The van der Waals surface area contributed by atoms with Gasteiger partial charge >= 0.3 is 5.97 Å². The summed E-state index contributed by atoms with van der Waals surface area (Å²) < 4.78 is 0. The molecule has 0 saturated heterocycles. The van der Waals surface area contributed by atoms with E-state index < -0.39 is 11.5 Å². The van der Waals surface area contributed by atoms with Crippen molar-refractivity contribution in [1.82, 2.24) is 5.32 Å². The highest BCUT2D eigenvalue weighted by atomic mass is 35.5. The average Bonchev–Trinajstić information content (AvgIpc) is 2.02. The van der Waals surface area contributed by atoms with E-state index in [0.29, 0.717) is 18.1 Å². The summed E-state index contributed by atoms with van der Waals surface area (Å²) in [5.74, 6) is 0.553.